The lowest BCUT2D eigenvalue weighted by Gasteiger charge is -2.61. The summed E-state index contributed by atoms with van der Waals surface area (Å²) in [4.78, 5) is 0. The average molecular weight is 479 g/mol. The fraction of sp³-hybridized carbons (Fsp3) is 0.926. The number of hydrogen-bond acceptors (Lipinski definition) is 3. The zero-order valence-electron chi connectivity index (χ0n) is 22.4. The molecule has 184 valence electrons. The molecule has 3 fully saturated rings. The van der Waals surface area contributed by atoms with Gasteiger partial charge in [-0.05, 0) is 121 Å². The number of fused-ring (bicyclic) bond motifs is 5. The zero-order chi connectivity index (χ0) is 23.7. The number of aliphatic hydroxyl groups is 1. The molecule has 4 aliphatic rings. The van der Waals surface area contributed by atoms with Crippen molar-refractivity contribution in [3.8, 4) is 0 Å². The Kier molecular flexibility index (Phi) is 6.32. The molecular weight excluding hydrogens is 428 g/mol. The third kappa shape index (κ3) is 4.06. The fourth-order valence-electron chi connectivity index (χ4n) is 8.75. The molecule has 0 amide bonds. The lowest BCUT2D eigenvalue weighted by atomic mass is 9.46. The van der Waals surface area contributed by atoms with Crippen LogP contribution in [0, 0.1) is 28.6 Å². The summed E-state index contributed by atoms with van der Waals surface area (Å²) in [5, 5.41) is 11.1. The second-order valence-electron chi connectivity index (χ2n) is 14.1. The van der Waals surface area contributed by atoms with Gasteiger partial charge in [0.1, 0.15) is 0 Å². The van der Waals surface area contributed by atoms with Gasteiger partial charge in [0.2, 0.25) is 0 Å². The molecule has 0 bridgehead atoms. The highest BCUT2D eigenvalue weighted by Gasteiger charge is 2.66. The van der Waals surface area contributed by atoms with Crippen molar-refractivity contribution in [3.05, 3.63) is 11.6 Å². The van der Waals surface area contributed by atoms with Gasteiger partial charge in [0.05, 0.1) is 11.7 Å². The Bertz CT molecular complexity index is 751. The van der Waals surface area contributed by atoms with Crippen molar-refractivity contribution in [2.75, 3.05) is 0 Å². The predicted octanol–water partition coefficient (Wildman–Crippen LogP) is 7.14. The summed E-state index contributed by atoms with van der Waals surface area (Å²) in [6, 6.07) is 0. The van der Waals surface area contributed by atoms with Crippen LogP contribution in [0.4, 0.5) is 0 Å². The summed E-state index contributed by atoms with van der Waals surface area (Å²) >= 11 is 0. The Morgan fingerprint density at radius 1 is 0.938 bits per heavy atom. The Balaban J connectivity index is 1.61. The van der Waals surface area contributed by atoms with E-state index in [9.17, 15) is 5.11 Å². The second kappa shape index (κ2) is 8.04. The number of allylic oxidation sites excluding steroid dienone is 1. The topological polar surface area (TPSA) is 38.7 Å². The molecule has 0 aromatic heterocycles. The molecule has 0 aromatic rings. The van der Waals surface area contributed by atoms with Crippen LogP contribution in [0.1, 0.15) is 72.1 Å². The molecule has 4 aliphatic carbocycles. The number of hydrogen-bond donors (Lipinski definition) is 1. The first-order valence-corrected chi connectivity index (χ1v) is 20.2. The minimum atomic E-state index is -1.78. The summed E-state index contributed by atoms with van der Waals surface area (Å²) in [6.07, 6.45) is 12.3. The molecule has 0 heterocycles. The smallest absolute Gasteiger partial charge is 0.184 e. The molecule has 0 aliphatic heterocycles. The van der Waals surface area contributed by atoms with Crippen molar-refractivity contribution < 1.29 is 14.0 Å². The summed E-state index contributed by atoms with van der Waals surface area (Å²) in [5.74, 6) is 2.19. The third-order valence-corrected chi connectivity index (χ3v) is 11.9. The molecule has 32 heavy (non-hydrogen) atoms. The Labute approximate surface area is 200 Å². The van der Waals surface area contributed by atoms with E-state index in [4.69, 9.17) is 8.85 Å². The Morgan fingerprint density at radius 3 is 2.19 bits per heavy atom. The van der Waals surface area contributed by atoms with Crippen LogP contribution < -0.4 is 0 Å². The fourth-order valence-corrected chi connectivity index (χ4v) is 11.5. The molecule has 1 N–H and O–H groups in total. The maximum atomic E-state index is 11.1. The van der Waals surface area contributed by atoms with Crippen molar-refractivity contribution in [2.24, 2.45) is 28.6 Å². The van der Waals surface area contributed by atoms with Crippen LogP contribution in [0.2, 0.25) is 39.3 Å². The van der Waals surface area contributed by atoms with E-state index in [1.165, 1.54) is 38.5 Å². The van der Waals surface area contributed by atoms with Crippen molar-refractivity contribution in [3.63, 3.8) is 0 Å². The zero-order valence-corrected chi connectivity index (χ0v) is 24.4. The van der Waals surface area contributed by atoms with Crippen LogP contribution in [-0.2, 0) is 8.85 Å². The molecular formula is C27H50O3Si2. The van der Waals surface area contributed by atoms with Crippen LogP contribution in [0.3, 0.4) is 0 Å². The monoisotopic (exact) mass is 478 g/mol. The third-order valence-electron chi connectivity index (χ3n) is 9.93. The van der Waals surface area contributed by atoms with Crippen LogP contribution >= 0.6 is 0 Å². The minimum Gasteiger partial charge on any atom is -0.414 e. The molecule has 4 rings (SSSR count). The van der Waals surface area contributed by atoms with Crippen LogP contribution in [0.15, 0.2) is 11.6 Å². The lowest BCUT2D eigenvalue weighted by molar-refractivity contribution is -0.159. The van der Waals surface area contributed by atoms with Crippen molar-refractivity contribution >= 4 is 16.6 Å². The van der Waals surface area contributed by atoms with Gasteiger partial charge in [0.25, 0.3) is 0 Å². The highest BCUT2D eigenvalue weighted by atomic mass is 28.4. The van der Waals surface area contributed by atoms with Crippen LogP contribution in [0.5, 0.6) is 0 Å². The normalized spacial score (nSPS) is 45.5. The van der Waals surface area contributed by atoms with Gasteiger partial charge in [-0.2, -0.15) is 0 Å². The Hall–Kier alpha value is 0.0538. The van der Waals surface area contributed by atoms with Gasteiger partial charge >= 0.3 is 0 Å². The van der Waals surface area contributed by atoms with E-state index in [1.807, 2.05) is 6.92 Å². The number of aliphatic hydroxyl groups excluding tert-OH is 1. The van der Waals surface area contributed by atoms with E-state index in [0.717, 1.165) is 24.7 Å². The van der Waals surface area contributed by atoms with Gasteiger partial charge in [-0.3, -0.25) is 0 Å². The standard InChI is InChI=1S/C27H50O3Si2/c1-19(28)27(30-32(7,8)9)17-14-24-22-11-10-20-18-21(29-31(4,5)6)12-15-25(20,2)23(22)13-16-26(24,27)3/h10,19,21-24,28H,11-18H2,1-9H3/t19?,21?,22-,23+,24+,25+,26+,27+/m1/s1. The average Bonchev–Trinajstić information content (AvgIpc) is 2.93. The summed E-state index contributed by atoms with van der Waals surface area (Å²) in [6.45, 7) is 20.9. The molecule has 0 radical (unpaired) electrons. The molecule has 0 saturated heterocycles. The van der Waals surface area contributed by atoms with Gasteiger partial charge in [0.15, 0.2) is 16.6 Å². The largest absolute Gasteiger partial charge is 0.414 e. The molecule has 0 aromatic carbocycles. The molecule has 8 atom stereocenters. The first-order chi connectivity index (χ1) is 14.6. The van der Waals surface area contributed by atoms with Crippen LogP contribution in [-0.4, -0.2) is 39.6 Å². The summed E-state index contributed by atoms with van der Waals surface area (Å²) in [7, 11) is -3.27. The molecule has 3 saturated carbocycles. The molecule has 0 spiro atoms. The van der Waals surface area contributed by atoms with Gasteiger partial charge in [-0.15, -0.1) is 0 Å². The maximum absolute atomic E-state index is 11.1. The summed E-state index contributed by atoms with van der Waals surface area (Å²) in [5.41, 5.74) is 1.78. The first-order valence-electron chi connectivity index (χ1n) is 13.4. The van der Waals surface area contributed by atoms with Crippen LogP contribution in [0.25, 0.3) is 0 Å². The summed E-state index contributed by atoms with van der Waals surface area (Å²) < 4.78 is 13.5. The van der Waals surface area contributed by atoms with E-state index >= 15 is 0 Å². The maximum Gasteiger partial charge on any atom is 0.184 e. The SMILES string of the molecule is CC(O)[C@@]1(O[Si](C)(C)C)CC[C@H]2[C@@H]3CC=C4CC(O[Si](C)(C)C)CC[C@]4(C)[C@H]3CC[C@@]21C. The first kappa shape index (κ1) is 25.2. The highest BCUT2D eigenvalue weighted by molar-refractivity contribution is 6.70. The van der Waals surface area contributed by atoms with Crippen molar-refractivity contribution in [2.45, 2.75) is 129 Å². The minimum absolute atomic E-state index is 0.0858. The second-order valence-corrected chi connectivity index (χ2v) is 23.0. The van der Waals surface area contributed by atoms with Gasteiger partial charge in [-0.1, -0.05) is 25.5 Å². The van der Waals surface area contributed by atoms with E-state index in [2.05, 4.69) is 59.2 Å². The van der Waals surface area contributed by atoms with Gasteiger partial charge in [-0.25, -0.2) is 0 Å². The van der Waals surface area contributed by atoms with Gasteiger partial charge in [0, 0.05) is 11.5 Å². The molecule has 2 unspecified atom stereocenters. The quantitative estimate of drug-likeness (QED) is 0.337. The number of rotatable bonds is 5. The highest BCUT2D eigenvalue weighted by Crippen LogP contribution is 2.68. The van der Waals surface area contributed by atoms with E-state index in [-0.39, 0.29) is 11.0 Å². The molecule has 5 heteroatoms. The van der Waals surface area contributed by atoms with E-state index < -0.39 is 22.7 Å². The van der Waals surface area contributed by atoms with Crippen molar-refractivity contribution in [1.29, 1.82) is 0 Å². The molecule has 3 nitrogen and oxygen atoms in total. The lowest BCUT2D eigenvalue weighted by Crippen LogP contribution is -2.61. The Morgan fingerprint density at radius 2 is 1.59 bits per heavy atom. The predicted molar refractivity (Wildman–Crippen MR) is 139 cm³/mol. The van der Waals surface area contributed by atoms with Gasteiger partial charge < -0.3 is 14.0 Å². The van der Waals surface area contributed by atoms with E-state index in [1.54, 1.807) is 5.57 Å². The van der Waals surface area contributed by atoms with E-state index in [0.29, 0.717) is 17.4 Å². The van der Waals surface area contributed by atoms with Crippen molar-refractivity contribution in [1.82, 2.24) is 0 Å².